The highest BCUT2D eigenvalue weighted by molar-refractivity contribution is 5.98. The molecule has 1 amide bonds. The first-order valence-electron chi connectivity index (χ1n) is 8.72. The quantitative estimate of drug-likeness (QED) is 0.843. The van der Waals surface area contributed by atoms with Gasteiger partial charge in [0, 0.05) is 17.7 Å². The van der Waals surface area contributed by atoms with Crippen LogP contribution < -0.4 is 9.47 Å². The van der Waals surface area contributed by atoms with E-state index in [1.807, 2.05) is 12.1 Å². The summed E-state index contributed by atoms with van der Waals surface area (Å²) in [6.07, 6.45) is -6.00. The third-order valence-electron chi connectivity index (χ3n) is 5.10. The van der Waals surface area contributed by atoms with Crippen molar-refractivity contribution >= 4 is 5.91 Å². The molecule has 148 valence electrons. The minimum Gasteiger partial charge on any atom is -0.485 e. The molecular formula is C20H18F3NO4. The standard InChI is InChI=1S/C20H18F3NO4/c1-19(2)17(25)16(24-10-11-5-3-4-6-13(11)18(24)26)14-9-12(27-20(21,22)23)7-8-15(14)28-19/h3-9,16-17,25H,10H2,1-2H3/t16-,17+/m1/s1. The average molecular weight is 393 g/mol. The van der Waals surface area contributed by atoms with Crippen molar-refractivity contribution in [3.63, 3.8) is 0 Å². The SMILES string of the molecule is CC1(C)Oc2ccc(OC(F)(F)F)cc2[C@@H](N2Cc3ccccc3C2=O)[C@@H]1O. The van der Waals surface area contributed by atoms with Crippen molar-refractivity contribution < 1.29 is 32.5 Å². The van der Waals surface area contributed by atoms with Crippen LogP contribution in [0.25, 0.3) is 0 Å². The Bertz CT molecular complexity index is 941. The highest BCUT2D eigenvalue weighted by Gasteiger charge is 2.48. The molecule has 2 aliphatic rings. The second kappa shape index (κ2) is 6.13. The van der Waals surface area contributed by atoms with Gasteiger partial charge in [0.15, 0.2) is 0 Å². The summed E-state index contributed by atoms with van der Waals surface area (Å²) in [5.74, 6) is -0.417. The Balaban J connectivity index is 1.79. The van der Waals surface area contributed by atoms with Gasteiger partial charge >= 0.3 is 6.36 Å². The number of carbonyl (C=O) groups is 1. The molecule has 0 aromatic heterocycles. The van der Waals surface area contributed by atoms with E-state index in [-0.39, 0.29) is 18.0 Å². The van der Waals surface area contributed by atoms with Gasteiger partial charge in [-0.1, -0.05) is 18.2 Å². The molecule has 0 unspecified atom stereocenters. The number of carbonyl (C=O) groups excluding carboxylic acids is 1. The Morgan fingerprint density at radius 3 is 2.61 bits per heavy atom. The van der Waals surface area contributed by atoms with Crippen molar-refractivity contribution in [3.8, 4) is 11.5 Å². The maximum atomic E-state index is 12.9. The minimum atomic E-state index is -4.85. The van der Waals surface area contributed by atoms with E-state index in [2.05, 4.69) is 4.74 Å². The summed E-state index contributed by atoms with van der Waals surface area (Å²) in [6.45, 7) is 3.58. The van der Waals surface area contributed by atoms with Crippen LogP contribution in [0.5, 0.6) is 11.5 Å². The van der Waals surface area contributed by atoms with Crippen LogP contribution in [-0.4, -0.2) is 34.0 Å². The smallest absolute Gasteiger partial charge is 0.485 e. The Morgan fingerprint density at radius 1 is 1.21 bits per heavy atom. The number of hydrogen-bond acceptors (Lipinski definition) is 4. The van der Waals surface area contributed by atoms with E-state index in [0.717, 1.165) is 11.6 Å². The van der Waals surface area contributed by atoms with Gasteiger partial charge in [-0.05, 0) is 43.7 Å². The first-order valence-corrected chi connectivity index (χ1v) is 8.72. The molecule has 4 rings (SSSR count). The Labute approximate surface area is 159 Å². The molecule has 0 spiro atoms. The van der Waals surface area contributed by atoms with E-state index in [4.69, 9.17) is 4.74 Å². The average Bonchev–Trinajstić information content (AvgIpc) is 2.92. The number of fused-ring (bicyclic) bond motifs is 2. The fraction of sp³-hybridized carbons (Fsp3) is 0.350. The summed E-state index contributed by atoms with van der Waals surface area (Å²) < 4.78 is 47.7. The van der Waals surface area contributed by atoms with Crippen LogP contribution in [0, 0.1) is 0 Å². The maximum absolute atomic E-state index is 12.9. The second-order valence-corrected chi connectivity index (χ2v) is 7.43. The van der Waals surface area contributed by atoms with Crippen molar-refractivity contribution in [2.75, 3.05) is 0 Å². The van der Waals surface area contributed by atoms with Gasteiger partial charge < -0.3 is 19.5 Å². The molecule has 0 aliphatic carbocycles. The molecule has 28 heavy (non-hydrogen) atoms. The molecule has 0 bridgehead atoms. The van der Waals surface area contributed by atoms with E-state index in [1.165, 1.54) is 17.0 Å². The molecule has 2 aromatic carbocycles. The summed E-state index contributed by atoms with van der Waals surface area (Å²) >= 11 is 0. The molecular weight excluding hydrogens is 375 g/mol. The number of rotatable bonds is 2. The van der Waals surface area contributed by atoms with Crippen molar-refractivity contribution in [3.05, 3.63) is 59.2 Å². The molecule has 2 aliphatic heterocycles. The first-order chi connectivity index (χ1) is 13.1. The fourth-order valence-corrected chi connectivity index (χ4v) is 3.78. The van der Waals surface area contributed by atoms with Crippen LogP contribution in [0.15, 0.2) is 42.5 Å². The van der Waals surface area contributed by atoms with E-state index in [1.54, 1.807) is 26.0 Å². The summed E-state index contributed by atoms with van der Waals surface area (Å²) in [7, 11) is 0. The van der Waals surface area contributed by atoms with E-state index < -0.39 is 29.9 Å². The largest absolute Gasteiger partial charge is 0.573 e. The molecule has 2 aromatic rings. The predicted octanol–water partition coefficient (Wildman–Crippen LogP) is 3.81. The lowest BCUT2D eigenvalue weighted by molar-refractivity contribution is -0.274. The lowest BCUT2D eigenvalue weighted by Gasteiger charge is -2.45. The van der Waals surface area contributed by atoms with Crippen LogP contribution in [0.2, 0.25) is 0 Å². The van der Waals surface area contributed by atoms with Gasteiger partial charge in [0.25, 0.3) is 5.91 Å². The Morgan fingerprint density at radius 2 is 1.93 bits per heavy atom. The van der Waals surface area contributed by atoms with Gasteiger partial charge in [-0.2, -0.15) is 0 Å². The fourth-order valence-electron chi connectivity index (χ4n) is 3.78. The normalized spacial score (nSPS) is 23.1. The van der Waals surface area contributed by atoms with Crippen LogP contribution in [0.4, 0.5) is 13.2 Å². The number of nitrogens with zero attached hydrogens (tertiary/aromatic N) is 1. The number of aliphatic hydroxyl groups excluding tert-OH is 1. The summed E-state index contributed by atoms with van der Waals surface area (Å²) in [5.41, 5.74) is 0.547. The lowest BCUT2D eigenvalue weighted by Crippen LogP contribution is -2.53. The van der Waals surface area contributed by atoms with Crippen molar-refractivity contribution in [1.29, 1.82) is 0 Å². The minimum absolute atomic E-state index is 0.247. The summed E-state index contributed by atoms with van der Waals surface area (Å²) in [6, 6.07) is 9.87. The number of amides is 1. The summed E-state index contributed by atoms with van der Waals surface area (Å²) in [4.78, 5) is 14.4. The molecule has 0 radical (unpaired) electrons. The zero-order valence-corrected chi connectivity index (χ0v) is 15.2. The topological polar surface area (TPSA) is 59.0 Å². The van der Waals surface area contributed by atoms with Gasteiger partial charge in [0.1, 0.15) is 23.2 Å². The molecule has 0 saturated carbocycles. The molecule has 0 saturated heterocycles. The number of alkyl halides is 3. The van der Waals surface area contributed by atoms with Gasteiger partial charge in [0.05, 0.1) is 6.04 Å². The molecule has 8 heteroatoms. The first kappa shape index (κ1) is 18.6. The van der Waals surface area contributed by atoms with Crippen LogP contribution in [0.3, 0.4) is 0 Å². The highest BCUT2D eigenvalue weighted by Crippen LogP contribution is 2.46. The molecule has 2 atom stereocenters. The van der Waals surface area contributed by atoms with Crippen molar-refractivity contribution in [2.45, 2.75) is 44.5 Å². The number of ether oxygens (including phenoxy) is 2. The third kappa shape index (κ3) is 3.07. The number of benzene rings is 2. The van der Waals surface area contributed by atoms with Gasteiger partial charge in [-0.15, -0.1) is 13.2 Å². The van der Waals surface area contributed by atoms with Crippen LogP contribution in [-0.2, 0) is 6.54 Å². The molecule has 5 nitrogen and oxygen atoms in total. The summed E-state index contributed by atoms with van der Waals surface area (Å²) in [5, 5.41) is 10.9. The highest BCUT2D eigenvalue weighted by atomic mass is 19.4. The van der Waals surface area contributed by atoms with E-state index >= 15 is 0 Å². The van der Waals surface area contributed by atoms with Gasteiger partial charge in [-0.25, -0.2) is 0 Å². The number of hydrogen-bond donors (Lipinski definition) is 1. The Hall–Kier alpha value is -2.74. The lowest BCUT2D eigenvalue weighted by atomic mass is 9.85. The molecule has 2 heterocycles. The van der Waals surface area contributed by atoms with Crippen molar-refractivity contribution in [1.82, 2.24) is 4.90 Å². The van der Waals surface area contributed by atoms with Crippen LogP contribution >= 0.6 is 0 Å². The monoisotopic (exact) mass is 393 g/mol. The Kier molecular flexibility index (Phi) is 4.08. The molecule has 0 fully saturated rings. The van der Waals surface area contributed by atoms with E-state index in [9.17, 15) is 23.1 Å². The molecule has 1 N–H and O–H groups in total. The van der Waals surface area contributed by atoms with Crippen molar-refractivity contribution in [2.24, 2.45) is 0 Å². The predicted molar refractivity (Wildman–Crippen MR) is 92.9 cm³/mol. The zero-order valence-electron chi connectivity index (χ0n) is 15.2. The van der Waals surface area contributed by atoms with Gasteiger partial charge in [-0.3, -0.25) is 4.79 Å². The number of halogens is 3. The maximum Gasteiger partial charge on any atom is 0.573 e. The number of aliphatic hydroxyl groups is 1. The van der Waals surface area contributed by atoms with Gasteiger partial charge in [0.2, 0.25) is 0 Å². The van der Waals surface area contributed by atoms with Crippen LogP contribution in [0.1, 0.15) is 41.4 Å². The second-order valence-electron chi connectivity index (χ2n) is 7.43. The van der Waals surface area contributed by atoms with E-state index in [0.29, 0.717) is 11.3 Å². The zero-order chi connectivity index (χ0) is 20.3. The third-order valence-corrected chi connectivity index (χ3v) is 5.10.